The second kappa shape index (κ2) is 8.34. The van der Waals surface area contributed by atoms with Gasteiger partial charge in [-0.05, 0) is 46.9 Å². The highest BCUT2D eigenvalue weighted by Crippen LogP contribution is 2.20. The van der Waals surface area contributed by atoms with Crippen molar-refractivity contribution in [2.75, 3.05) is 6.61 Å². The lowest BCUT2D eigenvalue weighted by atomic mass is 10.0. The van der Waals surface area contributed by atoms with Crippen molar-refractivity contribution in [3.8, 4) is 5.75 Å². The molecule has 0 aliphatic heterocycles. The molecule has 3 heteroatoms. The standard InChI is InChI=1S/C22H22O3/c23-22(24)13-4-7-17-6-3-11-20(16-17)25-15-14-19-10-5-9-18-8-1-2-12-21(18)19/h1-3,5-6,8-12,16H,4,7,13-15H2,(H,23,24). The third-order valence-corrected chi connectivity index (χ3v) is 4.27. The number of aliphatic carboxylic acids is 1. The van der Waals surface area contributed by atoms with Crippen molar-refractivity contribution < 1.29 is 14.6 Å². The number of ether oxygens (including phenoxy) is 1. The quantitative estimate of drug-likeness (QED) is 0.639. The number of rotatable bonds is 8. The Hall–Kier alpha value is -2.81. The molecule has 0 aliphatic rings. The van der Waals surface area contributed by atoms with E-state index in [9.17, 15) is 4.79 Å². The average Bonchev–Trinajstić information content (AvgIpc) is 2.62. The summed E-state index contributed by atoms with van der Waals surface area (Å²) in [4.78, 5) is 10.6. The van der Waals surface area contributed by atoms with Gasteiger partial charge in [-0.15, -0.1) is 0 Å². The molecule has 0 heterocycles. The smallest absolute Gasteiger partial charge is 0.303 e. The monoisotopic (exact) mass is 334 g/mol. The van der Waals surface area contributed by atoms with E-state index in [1.807, 2.05) is 24.3 Å². The molecule has 0 saturated heterocycles. The van der Waals surface area contributed by atoms with Gasteiger partial charge < -0.3 is 9.84 Å². The van der Waals surface area contributed by atoms with Gasteiger partial charge >= 0.3 is 5.97 Å². The zero-order valence-corrected chi connectivity index (χ0v) is 14.2. The maximum Gasteiger partial charge on any atom is 0.303 e. The van der Waals surface area contributed by atoms with Gasteiger partial charge in [-0.1, -0.05) is 54.6 Å². The Morgan fingerprint density at radius 3 is 2.60 bits per heavy atom. The molecule has 1 N–H and O–H groups in total. The van der Waals surface area contributed by atoms with Crippen LogP contribution in [0.1, 0.15) is 24.0 Å². The van der Waals surface area contributed by atoms with Crippen LogP contribution < -0.4 is 4.74 Å². The van der Waals surface area contributed by atoms with E-state index < -0.39 is 5.97 Å². The first-order valence-corrected chi connectivity index (χ1v) is 8.62. The summed E-state index contributed by atoms with van der Waals surface area (Å²) in [5.41, 5.74) is 2.40. The van der Waals surface area contributed by atoms with E-state index in [0.717, 1.165) is 24.2 Å². The third-order valence-electron chi connectivity index (χ3n) is 4.27. The van der Waals surface area contributed by atoms with Crippen LogP contribution in [0.3, 0.4) is 0 Å². The molecule has 0 amide bonds. The first-order valence-electron chi connectivity index (χ1n) is 8.62. The van der Waals surface area contributed by atoms with E-state index in [4.69, 9.17) is 9.84 Å². The number of benzene rings is 3. The average molecular weight is 334 g/mol. The number of hydrogen-bond acceptors (Lipinski definition) is 2. The van der Waals surface area contributed by atoms with Gasteiger partial charge in [0.25, 0.3) is 0 Å². The number of carboxylic acid groups (broad SMARTS) is 1. The van der Waals surface area contributed by atoms with Crippen LogP contribution in [0.5, 0.6) is 5.75 Å². The topological polar surface area (TPSA) is 46.5 Å². The van der Waals surface area contributed by atoms with Gasteiger partial charge in [0, 0.05) is 12.8 Å². The summed E-state index contributed by atoms with van der Waals surface area (Å²) in [6.07, 6.45) is 2.46. The van der Waals surface area contributed by atoms with E-state index in [2.05, 4.69) is 42.5 Å². The van der Waals surface area contributed by atoms with Crippen LogP contribution in [0.25, 0.3) is 10.8 Å². The predicted octanol–water partition coefficient (Wildman–Crippen LogP) is 4.87. The summed E-state index contributed by atoms with van der Waals surface area (Å²) in [7, 11) is 0. The lowest BCUT2D eigenvalue weighted by Gasteiger charge is -2.10. The molecule has 3 nitrogen and oxygen atoms in total. The summed E-state index contributed by atoms with van der Waals surface area (Å²) in [5.74, 6) is 0.0931. The summed E-state index contributed by atoms with van der Waals surface area (Å²) in [6.45, 7) is 0.618. The summed E-state index contributed by atoms with van der Waals surface area (Å²) < 4.78 is 5.91. The van der Waals surface area contributed by atoms with Crippen LogP contribution in [-0.4, -0.2) is 17.7 Å². The molecular formula is C22H22O3. The molecule has 0 fully saturated rings. The maximum atomic E-state index is 10.6. The Kier molecular flexibility index (Phi) is 5.68. The first-order chi connectivity index (χ1) is 12.2. The molecule has 128 valence electrons. The molecular weight excluding hydrogens is 312 g/mol. The second-order valence-electron chi connectivity index (χ2n) is 6.13. The van der Waals surface area contributed by atoms with Crippen molar-refractivity contribution in [2.24, 2.45) is 0 Å². The number of carbonyl (C=O) groups is 1. The van der Waals surface area contributed by atoms with Gasteiger partial charge in [-0.25, -0.2) is 0 Å². The van der Waals surface area contributed by atoms with Crippen LogP contribution in [0.15, 0.2) is 66.7 Å². The molecule has 0 atom stereocenters. The maximum absolute atomic E-state index is 10.6. The fourth-order valence-electron chi connectivity index (χ4n) is 3.02. The van der Waals surface area contributed by atoms with Gasteiger partial charge in [0.1, 0.15) is 5.75 Å². The number of carboxylic acids is 1. The number of hydrogen-bond donors (Lipinski definition) is 1. The largest absolute Gasteiger partial charge is 0.493 e. The minimum atomic E-state index is -0.748. The van der Waals surface area contributed by atoms with Crippen LogP contribution in [-0.2, 0) is 17.6 Å². The Bertz CT molecular complexity index is 849. The molecule has 0 aromatic heterocycles. The first kappa shape index (κ1) is 17.0. The second-order valence-corrected chi connectivity index (χ2v) is 6.13. The van der Waals surface area contributed by atoms with E-state index in [1.54, 1.807) is 0 Å². The molecule has 0 spiro atoms. The molecule has 3 aromatic rings. The van der Waals surface area contributed by atoms with Gasteiger partial charge in [0.15, 0.2) is 0 Å². The lowest BCUT2D eigenvalue weighted by Crippen LogP contribution is -2.02. The van der Waals surface area contributed by atoms with Crippen molar-refractivity contribution in [3.05, 3.63) is 77.9 Å². The number of aryl methyl sites for hydroxylation is 1. The van der Waals surface area contributed by atoms with Crippen LogP contribution in [0.4, 0.5) is 0 Å². The van der Waals surface area contributed by atoms with Gasteiger partial charge in [0.05, 0.1) is 6.61 Å². The van der Waals surface area contributed by atoms with Gasteiger partial charge in [0.2, 0.25) is 0 Å². The van der Waals surface area contributed by atoms with Crippen molar-refractivity contribution in [1.29, 1.82) is 0 Å². The van der Waals surface area contributed by atoms with Crippen LogP contribution >= 0.6 is 0 Å². The van der Waals surface area contributed by atoms with Crippen molar-refractivity contribution in [2.45, 2.75) is 25.7 Å². The Morgan fingerprint density at radius 1 is 0.920 bits per heavy atom. The Morgan fingerprint density at radius 2 is 1.72 bits per heavy atom. The van der Waals surface area contributed by atoms with E-state index in [-0.39, 0.29) is 6.42 Å². The summed E-state index contributed by atoms with van der Waals surface area (Å²) >= 11 is 0. The summed E-state index contributed by atoms with van der Waals surface area (Å²) in [5, 5.41) is 11.2. The number of fused-ring (bicyclic) bond motifs is 1. The molecule has 3 rings (SSSR count). The van der Waals surface area contributed by atoms with Crippen LogP contribution in [0, 0.1) is 0 Å². The van der Waals surface area contributed by atoms with Crippen LogP contribution in [0.2, 0.25) is 0 Å². The molecule has 25 heavy (non-hydrogen) atoms. The molecule has 0 radical (unpaired) electrons. The fraction of sp³-hybridized carbons (Fsp3) is 0.227. The minimum absolute atomic E-state index is 0.201. The highest BCUT2D eigenvalue weighted by atomic mass is 16.5. The minimum Gasteiger partial charge on any atom is -0.493 e. The highest BCUT2D eigenvalue weighted by Gasteiger charge is 2.03. The van der Waals surface area contributed by atoms with Crippen molar-refractivity contribution in [3.63, 3.8) is 0 Å². The molecule has 0 bridgehead atoms. The van der Waals surface area contributed by atoms with Crippen molar-refractivity contribution in [1.82, 2.24) is 0 Å². The molecule has 3 aromatic carbocycles. The van der Waals surface area contributed by atoms with Gasteiger partial charge in [-0.2, -0.15) is 0 Å². The fourth-order valence-corrected chi connectivity index (χ4v) is 3.02. The van der Waals surface area contributed by atoms with E-state index in [1.165, 1.54) is 16.3 Å². The normalized spacial score (nSPS) is 10.7. The third kappa shape index (κ3) is 4.83. The molecule has 0 aliphatic carbocycles. The predicted molar refractivity (Wildman–Crippen MR) is 100 cm³/mol. The molecule has 0 saturated carbocycles. The molecule has 0 unspecified atom stereocenters. The SMILES string of the molecule is O=C(O)CCCc1cccc(OCCc2cccc3ccccc23)c1. The zero-order chi connectivity index (χ0) is 17.5. The van der Waals surface area contributed by atoms with E-state index >= 15 is 0 Å². The lowest BCUT2D eigenvalue weighted by molar-refractivity contribution is -0.137. The Balaban J connectivity index is 1.57. The Labute approximate surface area is 147 Å². The van der Waals surface area contributed by atoms with E-state index in [0.29, 0.717) is 13.0 Å². The van der Waals surface area contributed by atoms with Gasteiger partial charge in [-0.3, -0.25) is 4.79 Å². The highest BCUT2D eigenvalue weighted by molar-refractivity contribution is 5.85. The van der Waals surface area contributed by atoms with Crippen molar-refractivity contribution >= 4 is 16.7 Å². The zero-order valence-electron chi connectivity index (χ0n) is 14.2. The summed E-state index contributed by atoms with van der Waals surface area (Å²) in [6, 6.07) is 22.7.